The molecule has 3 N–H and O–H groups in total. The van der Waals surface area contributed by atoms with Gasteiger partial charge in [0.1, 0.15) is 11.3 Å². The van der Waals surface area contributed by atoms with Crippen molar-refractivity contribution in [1.82, 2.24) is 4.72 Å². The van der Waals surface area contributed by atoms with E-state index in [1.165, 1.54) is 32.4 Å². The van der Waals surface area contributed by atoms with Gasteiger partial charge in [-0.25, -0.2) is 17.9 Å². The number of nitrogens with two attached hydrogens (primary N) is 1. The van der Waals surface area contributed by atoms with Crippen molar-refractivity contribution in [2.45, 2.75) is 24.3 Å². The van der Waals surface area contributed by atoms with Crippen molar-refractivity contribution >= 4 is 16.0 Å². The number of hydrogen-bond donors (Lipinski definition) is 2. The molecule has 0 aliphatic heterocycles. The summed E-state index contributed by atoms with van der Waals surface area (Å²) in [5.74, 6) is -0.442. The molecule has 21 heavy (non-hydrogen) atoms. The van der Waals surface area contributed by atoms with Gasteiger partial charge in [-0.15, -0.1) is 0 Å². The summed E-state index contributed by atoms with van der Waals surface area (Å²) >= 11 is 0. The van der Waals surface area contributed by atoms with Gasteiger partial charge in [0.05, 0.1) is 19.1 Å². The molecule has 8 heteroatoms. The number of carbonyl (C=O) groups is 1. The van der Waals surface area contributed by atoms with Gasteiger partial charge in [0, 0.05) is 12.1 Å². The summed E-state index contributed by atoms with van der Waals surface area (Å²) in [7, 11) is -1.19. The predicted molar refractivity (Wildman–Crippen MR) is 77.8 cm³/mol. The quantitative estimate of drug-likeness (QED) is 0.740. The zero-order valence-electron chi connectivity index (χ0n) is 12.5. The Hall–Kier alpha value is -1.64. The van der Waals surface area contributed by atoms with Crippen LogP contribution in [-0.2, 0) is 14.8 Å². The lowest BCUT2D eigenvalue weighted by molar-refractivity contribution is 0.0597. The minimum Gasteiger partial charge on any atom is -0.496 e. The summed E-state index contributed by atoms with van der Waals surface area (Å²) in [6, 6.07) is 3.95. The summed E-state index contributed by atoms with van der Waals surface area (Å²) in [6.07, 6.45) is 0. The fraction of sp³-hybridized carbons (Fsp3) is 0.462. The van der Waals surface area contributed by atoms with Crippen molar-refractivity contribution in [2.75, 3.05) is 20.8 Å². The van der Waals surface area contributed by atoms with Crippen LogP contribution in [0.3, 0.4) is 0 Å². The highest BCUT2D eigenvalue weighted by atomic mass is 32.2. The van der Waals surface area contributed by atoms with Crippen LogP contribution in [0.15, 0.2) is 23.1 Å². The van der Waals surface area contributed by atoms with E-state index in [-0.39, 0.29) is 22.8 Å². The maximum Gasteiger partial charge on any atom is 0.341 e. The molecule has 0 amide bonds. The van der Waals surface area contributed by atoms with Crippen molar-refractivity contribution in [2.24, 2.45) is 5.73 Å². The second-order valence-electron chi connectivity index (χ2n) is 5.17. The third-order valence-electron chi connectivity index (χ3n) is 2.60. The molecular weight excluding hydrogens is 296 g/mol. The molecule has 0 heterocycles. The fourth-order valence-corrected chi connectivity index (χ4v) is 2.74. The molecule has 118 valence electrons. The molecule has 0 fully saturated rings. The number of benzene rings is 1. The monoisotopic (exact) mass is 316 g/mol. The Morgan fingerprint density at radius 1 is 1.33 bits per heavy atom. The molecule has 0 unspecified atom stereocenters. The smallest absolute Gasteiger partial charge is 0.341 e. The summed E-state index contributed by atoms with van der Waals surface area (Å²) in [6.45, 7) is 3.46. The molecule has 1 rings (SSSR count). The van der Waals surface area contributed by atoms with Gasteiger partial charge in [-0.3, -0.25) is 0 Å². The fourth-order valence-electron chi connectivity index (χ4n) is 1.49. The zero-order chi connectivity index (χ0) is 16.3. The molecule has 0 aliphatic rings. The van der Waals surface area contributed by atoms with Gasteiger partial charge in [0.15, 0.2) is 0 Å². The molecule has 7 nitrogen and oxygen atoms in total. The standard InChI is InChI=1S/C13H20N2O5S/c1-13(2,14)8-15-21(17,18)9-5-6-11(19-3)10(7-9)12(16)20-4/h5-7,15H,8,14H2,1-4H3. The molecule has 0 saturated carbocycles. The minimum absolute atomic E-state index is 0.0369. The Labute approximate surface area is 124 Å². The van der Waals surface area contributed by atoms with E-state index >= 15 is 0 Å². The summed E-state index contributed by atoms with van der Waals surface area (Å²) in [5.41, 5.74) is 5.09. The summed E-state index contributed by atoms with van der Waals surface area (Å²) < 4.78 is 36.4. The highest BCUT2D eigenvalue weighted by molar-refractivity contribution is 7.89. The third kappa shape index (κ3) is 4.69. The van der Waals surface area contributed by atoms with Gasteiger partial charge in [-0.05, 0) is 32.0 Å². The van der Waals surface area contributed by atoms with Crippen LogP contribution in [0.5, 0.6) is 5.75 Å². The minimum atomic E-state index is -3.78. The lowest BCUT2D eigenvalue weighted by atomic mass is 10.1. The van der Waals surface area contributed by atoms with E-state index < -0.39 is 21.5 Å². The number of esters is 1. The predicted octanol–water partition coefficient (Wildman–Crippen LogP) is 0.497. The van der Waals surface area contributed by atoms with Crippen molar-refractivity contribution < 1.29 is 22.7 Å². The molecule has 1 aromatic carbocycles. The Balaban J connectivity index is 3.16. The maximum absolute atomic E-state index is 12.2. The largest absolute Gasteiger partial charge is 0.496 e. The normalized spacial score (nSPS) is 12.0. The molecule has 0 radical (unpaired) electrons. The highest BCUT2D eigenvalue weighted by Gasteiger charge is 2.22. The number of nitrogens with one attached hydrogen (secondary N) is 1. The molecular formula is C13H20N2O5S. The van der Waals surface area contributed by atoms with Crippen molar-refractivity contribution in [1.29, 1.82) is 0 Å². The molecule has 0 bridgehead atoms. The molecule has 0 atom stereocenters. The van der Waals surface area contributed by atoms with Crippen molar-refractivity contribution in [3.8, 4) is 5.75 Å². The molecule has 0 spiro atoms. The van der Waals surface area contributed by atoms with Crippen LogP contribution in [0.2, 0.25) is 0 Å². The van der Waals surface area contributed by atoms with E-state index in [0.717, 1.165) is 0 Å². The average molecular weight is 316 g/mol. The highest BCUT2D eigenvalue weighted by Crippen LogP contribution is 2.23. The number of methoxy groups -OCH3 is 2. The average Bonchev–Trinajstić information content (AvgIpc) is 2.43. The van der Waals surface area contributed by atoms with Crippen LogP contribution in [0.4, 0.5) is 0 Å². The lowest BCUT2D eigenvalue weighted by Gasteiger charge is -2.19. The third-order valence-corrected chi connectivity index (χ3v) is 4.00. The van der Waals surface area contributed by atoms with Crippen LogP contribution in [0, 0.1) is 0 Å². The number of ether oxygens (including phenoxy) is 2. The van der Waals surface area contributed by atoms with Crippen LogP contribution < -0.4 is 15.2 Å². The summed E-state index contributed by atoms with van der Waals surface area (Å²) in [4.78, 5) is 11.6. The van der Waals surface area contributed by atoms with Crippen LogP contribution in [-0.4, -0.2) is 40.7 Å². The van der Waals surface area contributed by atoms with Crippen molar-refractivity contribution in [3.05, 3.63) is 23.8 Å². The van der Waals surface area contributed by atoms with Gasteiger partial charge in [-0.2, -0.15) is 0 Å². The second-order valence-corrected chi connectivity index (χ2v) is 6.93. The number of hydrogen-bond acceptors (Lipinski definition) is 6. The SMILES string of the molecule is COC(=O)c1cc(S(=O)(=O)NCC(C)(C)N)ccc1OC. The van der Waals surface area contributed by atoms with E-state index in [9.17, 15) is 13.2 Å². The van der Waals surface area contributed by atoms with Gasteiger partial charge < -0.3 is 15.2 Å². The lowest BCUT2D eigenvalue weighted by Crippen LogP contribution is -2.45. The van der Waals surface area contributed by atoms with Crippen LogP contribution >= 0.6 is 0 Å². The molecule has 0 aliphatic carbocycles. The molecule has 0 saturated heterocycles. The van der Waals surface area contributed by atoms with E-state index in [2.05, 4.69) is 9.46 Å². The zero-order valence-corrected chi connectivity index (χ0v) is 13.3. The first-order valence-electron chi connectivity index (χ1n) is 6.15. The Morgan fingerprint density at radius 3 is 2.43 bits per heavy atom. The van der Waals surface area contributed by atoms with E-state index in [0.29, 0.717) is 0 Å². The molecule has 0 aromatic heterocycles. The number of rotatable bonds is 6. The Kier molecular flexibility index (Phi) is 5.32. The maximum atomic E-state index is 12.2. The van der Waals surface area contributed by atoms with Crippen molar-refractivity contribution in [3.63, 3.8) is 0 Å². The number of carbonyl (C=O) groups excluding carboxylic acids is 1. The Bertz CT molecular complexity index is 620. The van der Waals surface area contributed by atoms with Gasteiger partial charge in [-0.1, -0.05) is 0 Å². The van der Waals surface area contributed by atoms with Crippen LogP contribution in [0.25, 0.3) is 0 Å². The van der Waals surface area contributed by atoms with E-state index in [1.54, 1.807) is 13.8 Å². The van der Waals surface area contributed by atoms with Gasteiger partial charge in [0.2, 0.25) is 10.0 Å². The Morgan fingerprint density at radius 2 is 1.95 bits per heavy atom. The number of sulfonamides is 1. The topological polar surface area (TPSA) is 108 Å². The first kappa shape index (κ1) is 17.4. The second kappa shape index (κ2) is 6.42. The van der Waals surface area contributed by atoms with Gasteiger partial charge >= 0.3 is 5.97 Å². The molecule has 1 aromatic rings. The first-order valence-corrected chi connectivity index (χ1v) is 7.64. The first-order chi connectivity index (χ1) is 9.60. The van der Waals surface area contributed by atoms with Crippen LogP contribution in [0.1, 0.15) is 24.2 Å². The van der Waals surface area contributed by atoms with Gasteiger partial charge in [0.25, 0.3) is 0 Å². The summed E-state index contributed by atoms with van der Waals surface area (Å²) in [5, 5.41) is 0. The van der Waals surface area contributed by atoms with E-state index in [1.807, 2.05) is 0 Å². The van der Waals surface area contributed by atoms with E-state index in [4.69, 9.17) is 10.5 Å².